The molecule has 0 saturated carbocycles. The van der Waals surface area contributed by atoms with Crippen LogP contribution in [0.1, 0.15) is 65.4 Å². The Hall–Kier alpha value is -1.68. The van der Waals surface area contributed by atoms with Gasteiger partial charge in [-0.3, -0.25) is 0 Å². The van der Waals surface area contributed by atoms with Crippen LogP contribution >= 0.6 is 0 Å². The summed E-state index contributed by atoms with van der Waals surface area (Å²) >= 11 is 0. The van der Waals surface area contributed by atoms with Crippen LogP contribution in [0.4, 0.5) is 0 Å². The molecular weight excluding hydrogens is 340 g/mol. The molecule has 0 amide bonds. The Labute approximate surface area is 158 Å². The third kappa shape index (κ3) is 3.44. The van der Waals surface area contributed by atoms with Crippen molar-refractivity contribution in [2.45, 2.75) is 77.1 Å². The Kier molecular flexibility index (Phi) is 5.52. The molecule has 0 saturated heterocycles. The lowest BCUT2D eigenvalue weighted by atomic mass is 10.0. The Morgan fingerprint density at radius 3 is 2.27 bits per heavy atom. The minimum absolute atomic E-state index is 0.00458. The molecule has 142 valence electrons. The summed E-state index contributed by atoms with van der Waals surface area (Å²) in [6.45, 7) is 13.9. The van der Waals surface area contributed by atoms with Crippen LogP contribution in [0.25, 0.3) is 0 Å². The Bertz CT molecular complexity index is 697. The molecule has 1 aromatic heterocycles. The fraction of sp³-hybridized carbons (Fsp3) is 0.545. The van der Waals surface area contributed by atoms with Crippen LogP contribution in [0, 0.1) is 0 Å². The van der Waals surface area contributed by atoms with E-state index in [2.05, 4.69) is 59.7 Å². The number of ether oxygens (including phenoxy) is 1. The second-order valence-electron chi connectivity index (χ2n) is 8.35. The minimum atomic E-state index is -1.96. The van der Waals surface area contributed by atoms with Gasteiger partial charge in [-0.15, -0.1) is 0 Å². The molecule has 0 N–H and O–H groups in total. The molecule has 0 bridgehead atoms. The van der Waals surface area contributed by atoms with Crippen molar-refractivity contribution in [3.05, 3.63) is 47.9 Å². The van der Waals surface area contributed by atoms with Crippen molar-refractivity contribution in [1.82, 2.24) is 0 Å². The predicted octanol–water partition coefficient (Wildman–Crippen LogP) is 6.90. The molecule has 2 heterocycles. The van der Waals surface area contributed by atoms with Crippen molar-refractivity contribution in [3.63, 3.8) is 0 Å². The highest BCUT2D eigenvalue weighted by Gasteiger charge is 2.47. The van der Waals surface area contributed by atoms with Crippen LogP contribution in [-0.2, 0) is 6.42 Å². The maximum Gasteiger partial charge on any atom is 0.258 e. The molecule has 3 rings (SSSR count). The van der Waals surface area contributed by atoms with E-state index >= 15 is 0 Å². The average molecular weight is 373 g/mol. The average Bonchev–Trinajstić information content (AvgIpc) is 3.12. The second kappa shape index (κ2) is 7.51. The van der Waals surface area contributed by atoms with Crippen LogP contribution in [0.3, 0.4) is 0 Å². The summed E-state index contributed by atoms with van der Waals surface area (Å²) < 4.78 is 18.6. The Morgan fingerprint density at radius 1 is 1.00 bits per heavy atom. The van der Waals surface area contributed by atoms with Crippen LogP contribution in [0.2, 0.25) is 16.6 Å². The van der Waals surface area contributed by atoms with Crippen molar-refractivity contribution in [2.24, 2.45) is 0 Å². The molecule has 0 radical (unpaired) electrons. The first-order chi connectivity index (χ1) is 12.3. The molecule has 3 nitrogen and oxygen atoms in total. The van der Waals surface area contributed by atoms with E-state index in [0.29, 0.717) is 16.6 Å². The van der Waals surface area contributed by atoms with Gasteiger partial charge in [-0.2, -0.15) is 0 Å². The summed E-state index contributed by atoms with van der Waals surface area (Å²) in [6, 6.07) is 10.3. The van der Waals surface area contributed by atoms with Crippen LogP contribution in [0.15, 0.2) is 41.0 Å². The van der Waals surface area contributed by atoms with Crippen molar-refractivity contribution < 1.29 is 13.6 Å². The summed E-state index contributed by atoms with van der Waals surface area (Å²) in [5.41, 5.74) is 2.91. The third-order valence-corrected chi connectivity index (χ3v) is 11.8. The third-order valence-electron chi connectivity index (χ3n) is 5.85. The van der Waals surface area contributed by atoms with Crippen LogP contribution in [0.5, 0.6) is 11.5 Å². The van der Waals surface area contributed by atoms with Crippen molar-refractivity contribution >= 4 is 8.32 Å². The van der Waals surface area contributed by atoms with E-state index in [1.807, 2.05) is 12.1 Å². The molecule has 0 spiro atoms. The highest BCUT2D eigenvalue weighted by Crippen LogP contribution is 2.44. The lowest BCUT2D eigenvalue weighted by molar-refractivity contribution is 0.150. The second-order valence-corrected chi connectivity index (χ2v) is 13.7. The number of aryl methyl sites for hydroxylation is 1. The smallest absolute Gasteiger partial charge is 0.258 e. The van der Waals surface area contributed by atoms with E-state index in [1.165, 1.54) is 5.56 Å². The first-order valence-corrected chi connectivity index (χ1v) is 12.0. The van der Waals surface area contributed by atoms with Crippen LogP contribution < -0.4 is 9.16 Å². The Balaban J connectivity index is 1.87. The first-order valence-electron chi connectivity index (χ1n) is 9.86. The number of fused-ring (bicyclic) bond motifs is 1. The standard InChI is InChI=1S/C22H32O3Si/c1-15(2)26(16(3)4,17(5)6)25-19-11-9-18-10-12-21(24-22(18)14-19)20-8-7-13-23-20/h7-9,11,13-17,21H,10,12H2,1-6H3. The minimum Gasteiger partial charge on any atom is -0.543 e. The first kappa shape index (κ1) is 19.1. The highest BCUT2D eigenvalue weighted by atomic mass is 28.4. The van der Waals surface area contributed by atoms with Gasteiger partial charge in [0, 0.05) is 6.07 Å². The van der Waals surface area contributed by atoms with Gasteiger partial charge in [0.05, 0.1) is 6.26 Å². The summed E-state index contributed by atoms with van der Waals surface area (Å²) in [6.07, 6.45) is 3.66. The molecule has 0 fully saturated rings. The topological polar surface area (TPSA) is 31.6 Å². The fourth-order valence-electron chi connectivity index (χ4n) is 4.65. The lowest BCUT2D eigenvalue weighted by Gasteiger charge is -2.42. The van der Waals surface area contributed by atoms with Gasteiger partial charge < -0.3 is 13.6 Å². The molecule has 4 heteroatoms. The van der Waals surface area contributed by atoms with E-state index in [-0.39, 0.29) is 6.10 Å². The zero-order chi connectivity index (χ0) is 18.9. The maximum absolute atomic E-state index is 6.81. The number of hydrogen-bond acceptors (Lipinski definition) is 3. The SMILES string of the molecule is CC(C)[Si](Oc1ccc2c(c1)OC(c1ccco1)CC2)(C(C)C)C(C)C. The summed E-state index contributed by atoms with van der Waals surface area (Å²) in [5.74, 6) is 2.79. The van der Waals surface area contributed by atoms with Gasteiger partial charge >= 0.3 is 0 Å². The van der Waals surface area contributed by atoms with Gasteiger partial charge in [0.1, 0.15) is 17.3 Å². The summed E-state index contributed by atoms with van der Waals surface area (Å²) in [7, 11) is -1.96. The number of hydrogen-bond donors (Lipinski definition) is 0. The van der Waals surface area contributed by atoms with Gasteiger partial charge in [-0.05, 0) is 53.2 Å². The number of rotatable bonds is 6. The van der Waals surface area contributed by atoms with Crippen molar-refractivity contribution in [2.75, 3.05) is 0 Å². The number of benzene rings is 1. The van der Waals surface area contributed by atoms with Crippen LogP contribution in [-0.4, -0.2) is 8.32 Å². The van der Waals surface area contributed by atoms with Gasteiger partial charge in [0.2, 0.25) is 0 Å². The Morgan fingerprint density at radius 2 is 1.69 bits per heavy atom. The zero-order valence-corrected chi connectivity index (χ0v) is 17.9. The van der Waals surface area contributed by atoms with Gasteiger partial charge in [0.25, 0.3) is 8.32 Å². The normalized spacial score (nSPS) is 17.5. The van der Waals surface area contributed by atoms with E-state index in [4.69, 9.17) is 13.6 Å². The molecule has 1 aromatic carbocycles. The largest absolute Gasteiger partial charge is 0.543 e. The molecule has 1 aliphatic heterocycles. The molecule has 1 unspecified atom stereocenters. The molecule has 26 heavy (non-hydrogen) atoms. The highest BCUT2D eigenvalue weighted by molar-refractivity contribution is 6.78. The summed E-state index contributed by atoms with van der Waals surface area (Å²) in [4.78, 5) is 0. The van der Waals surface area contributed by atoms with E-state index < -0.39 is 8.32 Å². The van der Waals surface area contributed by atoms with Crippen molar-refractivity contribution in [3.8, 4) is 11.5 Å². The van der Waals surface area contributed by atoms with E-state index in [0.717, 1.165) is 30.1 Å². The van der Waals surface area contributed by atoms with E-state index in [1.54, 1.807) is 6.26 Å². The maximum atomic E-state index is 6.81. The lowest BCUT2D eigenvalue weighted by Crippen LogP contribution is -2.50. The molecule has 2 aromatic rings. The predicted molar refractivity (Wildman–Crippen MR) is 109 cm³/mol. The molecule has 1 aliphatic rings. The monoisotopic (exact) mass is 372 g/mol. The number of furan rings is 1. The molecule has 0 aliphatic carbocycles. The van der Waals surface area contributed by atoms with Gasteiger partial charge in [-0.1, -0.05) is 47.6 Å². The molecule has 1 atom stereocenters. The summed E-state index contributed by atoms with van der Waals surface area (Å²) in [5, 5.41) is 0. The molecular formula is C22H32O3Si. The quantitative estimate of drug-likeness (QED) is 0.517. The van der Waals surface area contributed by atoms with Crippen molar-refractivity contribution in [1.29, 1.82) is 0 Å². The van der Waals surface area contributed by atoms with E-state index in [9.17, 15) is 0 Å². The van der Waals surface area contributed by atoms with Gasteiger partial charge in [-0.25, -0.2) is 0 Å². The fourth-order valence-corrected chi connectivity index (χ4v) is 9.89. The van der Waals surface area contributed by atoms with Gasteiger partial charge in [0.15, 0.2) is 6.10 Å². The zero-order valence-electron chi connectivity index (χ0n) is 16.9.